The van der Waals surface area contributed by atoms with Crippen LogP contribution >= 0.6 is 24.0 Å². The molecule has 170 valence electrons. The first-order valence-electron chi connectivity index (χ1n) is 11.2. The third kappa shape index (κ3) is 7.89. The molecule has 1 saturated heterocycles. The quantitative estimate of drug-likeness (QED) is 0.208. The number of guanidine groups is 1. The highest BCUT2D eigenvalue weighted by atomic mass is 127. The van der Waals surface area contributed by atoms with Crippen molar-refractivity contribution in [2.75, 3.05) is 46.9 Å². The molecule has 0 spiro atoms. The van der Waals surface area contributed by atoms with Gasteiger partial charge in [0.2, 0.25) is 0 Å². The van der Waals surface area contributed by atoms with Gasteiger partial charge in [0, 0.05) is 26.7 Å². The summed E-state index contributed by atoms with van der Waals surface area (Å²) in [5.41, 5.74) is 1.32. The van der Waals surface area contributed by atoms with E-state index in [0.717, 1.165) is 50.9 Å². The lowest BCUT2D eigenvalue weighted by Gasteiger charge is -2.29. The van der Waals surface area contributed by atoms with Gasteiger partial charge < -0.3 is 20.1 Å². The van der Waals surface area contributed by atoms with E-state index in [-0.39, 0.29) is 24.0 Å². The Labute approximate surface area is 199 Å². The second-order valence-corrected chi connectivity index (χ2v) is 8.04. The van der Waals surface area contributed by atoms with Gasteiger partial charge in [0.15, 0.2) is 5.96 Å². The number of nitrogens with zero attached hydrogens (tertiary/aromatic N) is 2. The van der Waals surface area contributed by atoms with Crippen LogP contribution in [-0.2, 0) is 4.74 Å². The van der Waals surface area contributed by atoms with Crippen molar-refractivity contribution in [3.63, 3.8) is 0 Å². The Bertz CT molecular complexity index is 614. The van der Waals surface area contributed by atoms with Crippen LogP contribution in [0.2, 0.25) is 0 Å². The highest BCUT2D eigenvalue weighted by Crippen LogP contribution is 2.26. The zero-order valence-electron chi connectivity index (χ0n) is 18.6. The number of ether oxygens (including phenoxy) is 2. The van der Waals surface area contributed by atoms with Crippen molar-refractivity contribution in [1.82, 2.24) is 15.5 Å². The average molecular weight is 530 g/mol. The molecule has 1 heterocycles. The number of nitrogens with one attached hydrogen (secondary N) is 2. The number of rotatable bonds is 10. The van der Waals surface area contributed by atoms with Crippen molar-refractivity contribution in [3.8, 4) is 5.75 Å². The van der Waals surface area contributed by atoms with Crippen LogP contribution in [0.5, 0.6) is 5.75 Å². The molecule has 0 bridgehead atoms. The van der Waals surface area contributed by atoms with Gasteiger partial charge >= 0.3 is 0 Å². The minimum Gasteiger partial charge on any atom is -0.497 e. The van der Waals surface area contributed by atoms with E-state index >= 15 is 0 Å². The van der Waals surface area contributed by atoms with Crippen molar-refractivity contribution in [1.29, 1.82) is 0 Å². The lowest BCUT2D eigenvalue weighted by atomic mass is 10.1. The van der Waals surface area contributed by atoms with E-state index in [0.29, 0.717) is 12.1 Å². The predicted octanol–water partition coefficient (Wildman–Crippen LogP) is 3.96. The van der Waals surface area contributed by atoms with Crippen molar-refractivity contribution in [2.24, 2.45) is 4.99 Å². The van der Waals surface area contributed by atoms with Gasteiger partial charge in [-0.1, -0.05) is 25.0 Å². The number of halogens is 1. The highest BCUT2D eigenvalue weighted by Gasteiger charge is 2.23. The Hall–Kier alpha value is -1.06. The molecule has 2 fully saturated rings. The molecule has 1 aromatic rings. The molecule has 1 aromatic carbocycles. The van der Waals surface area contributed by atoms with Gasteiger partial charge in [0.1, 0.15) is 5.75 Å². The SMILES string of the molecule is CN=C(NCCCOC1CCCC1)NCC(c1ccc(OC)cc1)N1CCCC1.I. The summed E-state index contributed by atoms with van der Waals surface area (Å²) >= 11 is 0. The van der Waals surface area contributed by atoms with Gasteiger partial charge in [-0.05, 0) is 62.9 Å². The van der Waals surface area contributed by atoms with E-state index in [1.165, 1.54) is 44.1 Å². The molecule has 30 heavy (non-hydrogen) atoms. The molecule has 1 aliphatic carbocycles. The Morgan fingerprint density at radius 1 is 1.10 bits per heavy atom. The monoisotopic (exact) mass is 530 g/mol. The maximum absolute atomic E-state index is 5.94. The molecule has 7 heteroatoms. The highest BCUT2D eigenvalue weighted by molar-refractivity contribution is 14.0. The zero-order chi connectivity index (χ0) is 20.3. The topological polar surface area (TPSA) is 58.1 Å². The van der Waals surface area contributed by atoms with E-state index in [1.54, 1.807) is 7.11 Å². The van der Waals surface area contributed by atoms with Crippen LogP contribution in [0.15, 0.2) is 29.3 Å². The number of hydrogen-bond acceptors (Lipinski definition) is 4. The summed E-state index contributed by atoms with van der Waals surface area (Å²) in [7, 11) is 3.55. The van der Waals surface area contributed by atoms with Crippen molar-refractivity contribution in [3.05, 3.63) is 29.8 Å². The smallest absolute Gasteiger partial charge is 0.191 e. The van der Waals surface area contributed by atoms with E-state index in [9.17, 15) is 0 Å². The second-order valence-electron chi connectivity index (χ2n) is 8.04. The van der Waals surface area contributed by atoms with Gasteiger partial charge in [0.25, 0.3) is 0 Å². The standard InChI is InChI=1S/C23H38N4O2.HI/c1-24-23(25-14-7-17-29-21-8-3-4-9-21)26-18-22(27-15-5-6-16-27)19-10-12-20(28-2)13-11-19;/h10-13,21-22H,3-9,14-18H2,1-2H3,(H2,24,25,26);1H. The Morgan fingerprint density at radius 2 is 1.80 bits per heavy atom. The lowest BCUT2D eigenvalue weighted by molar-refractivity contribution is 0.0574. The molecule has 1 atom stereocenters. The number of likely N-dealkylation sites (tertiary alicyclic amines) is 1. The van der Waals surface area contributed by atoms with Crippen LogP contribution in [0, 0.1) is 0 Å². The fourth-order valence-electron chi connectivity index (χ4n) is 4.34. The maximum atomic E-state index is 5.94. The molecular weight excluding hydrogens is 491 g/mol. The fourth-order valence-corrected chi connectivity index (χ4v) is 4.34. The third-order valence-corrected chi connectivity index (χ3v) is 6.04. The van der Waals surface area contributed by atoms with Crippen LogP contribution in [-0.4, -0.2) is 63.9 Å². The minimum absolute atomic E-state index is 0. The van der Waals surface area contributed by atoms with Crippen LogP contribution in [0.25, 0.3) is 0 Å². The summed E-state index contributed by atoms with van der Waals surface area (Å²) in [4.78, 5) is 6.96. The van der Waals surface area contributed by atoms with Gasteiger partial charge in [-0.3, -0.25) is 9.89 Å². The normalized spacial score (nSPS) is 18.8. The molecule has 1 saturated carbocycles. The summed E-state index contributed by atoms with van der Waals surface area (Å²) in [6.07, 6.45) is 9.18. The molecule has 0 amide bonds. The first kappa shape index (κ1) is 25.2. The third-order valence-electron chi connectivity index (χ3n) is 6.04. The van der Waals surface area contributed by atoms with Crippen LogP contribution < -0.4 is 15.4 Å². The second kappa shape index (κ2) is 14.1. The van der Waals surface area contributed by atoms with Gasteiger partial charge in [-0.15, -0.1) is 24.0 Å². The molecule has 1 aliphatic heterocycles. The van der Waals surface area contributed by atoms with Crippen LogP contribution in [0.4, 0.5) is 0 Å². The zero-order valence-corrected chi connectivity index (χ0v) is 20.9. The molecule has 3 rings (SSSR count). The molecular formula is C23H39IN4O2. The van der Waals surface area contributed by atoms with Crippen LogP contribution in [0.3, 0.4) is 0 Å². The van der Waals surface area contributed by atoms with E-state index in [4.69, 9.17) is 9.47 Å². The molecule has 0 aromatic heterocycles. The van der Waals surface area contributed by atoms with Gasteiger partial charge in [0.05, 0.1) is 19.3 Å². The fraction of sp³-hybridized carbons (Fsp3) is 0.696. The largest absolute Gasteiger partial charge is 0.497 e. The molecule has 0 radical (unpaired) electrons. The molecule has 6 nitrogen and oxygen atoms in total. The summed E-state index contributed by atoms with van der Waals surface area (Å²) in [6, 6.07) is 8.80. The first-order valence-corrected chi connectivity index (χ1v) is 11.2. The molecule has 2 N–H and O–H groups in total. The summed E-state index contributed by atoms with van der Waals surface area (Å²) in [5.74, 6) is 1.77. The number of hydrogen-bond donors (Lipinski definition) is 2. The number of benzene rings is 1. The number of methoxy groups -OCH3 is 1. The van der Waals surface area contributed by atoms with Crippen LogP contribution in [0.1, 0.15) is 56.6 Å². The van der Waals surface area contributed by atoms with E-state index in [1.807, 2.05) is 7.05 Å². The molecule has 1 unspecified atom stereocenters. The van der Waals surface area contributed by atoms with E-state index in [2.05, 4.69) is 44.8 Å². The summed E-state index contributed by atoms with van der Waals surface area (Å²) in [6.45, 7) is 4.86. The molecule has 2 aliphatic rings. The Balaban J connectivity index is 0.00000320. The summed E-state index contributed by atoms with van der Waals surface area (Å²) in [5, 5.41) is 6.96. The minimum atomic E-state index is 0. The predicted molar refractivity (Wildman–Crippen MR) is 134 cm³/mol. The summed E-state index contributed by atoms with van der Waals surface area (Å²) < 4.78 is 11.3. The van der Waals surface area contributed by atoms with Gasteiger partial charge in [-0.2, -0.15) is 0 Å². The number of aliphatic imine (C=N–C) groups is 1. The average Bonchev–Trinajstić information content (AvgIpc) is 3.47. The Kier molecular flexibility index (Phi) is 11.8. The Morgan fingerprint density at radius 3 is 2.43 bits per heavy atom. The van der Waals surface area contributed by atoms with E-state index < -0.39 is 0 Å². The lowest BCUT2D eigenvalue weighted by Crippen LogP contribution is -2.43. The first-order chi connectivity index (χ1) is 14.3. The van der Waals surface area contributed by atoms with Crippen molar-refractivity contribution >= 4 is 29.9 Å². The van der Waals surface area contributed by atoms with Gasteiger partial charge in [-0.25, -0.2) is 0 Å². The maximum Gasteiger partial charge on any atom is 0.191 e. The van der Waals surface area contributed by atoms with Crippen molar-refractivity contribution in [2.45, 2.75) is 57.1 Å². The van der Waals surface area contributed by atoms with Crippen molar-refractivity contribution < 1.29 is 9.47 Å².